The molecule has 2 heterocycles. The van der Waals surface area contributed by atoms with E-state index in [1.54, 1.807) is 11.7 Å². The average Bonchev–Trinajstić information content (AvgIpc) is 2.51. The number of aryl methyl sites for hydroxylation is 1. The molecule has 0 aromatic carbocycles. The smallest absolute Gasteiger partial charge is 0.290 e. The SMILES string of the molecule is CC(C)c1nn(C)c2c(=O)[nH]nc(N)c12. The van der Waals surface area contributed by atoms with Crippen molar-refractivity contribution in [2.24, 2.45) is 7.05 Å². The second-order valence-corrected chi connectivity index (χ2v) is 3.83. The summed E-state index contributed by atoms with van der Waals surface area (Å²) in [6, 6.07) is 0. The maximum absolute atomic E-state index is 11.6. The largest absolute Gasteiger partial charge is 0.382 e. The van der Waals surface area contributed by atoms with Gasteiger partial charge in [0.2, 0.25) is 0 Å². The van der Waals surface area contributed by atoms with E-state index in [9.17, 15) is 4.79 Å². The third kappa shape index (κ3) is 1.29. The molecule has 0 saturated heterocycles. The Morgan fingerprint density at radius 1 is 1.47 bits per heavy atom. The summed E-state index contributed by atoms with van der Waals surface area (Å²) < 4.78 is 1.54. The van der Waals surface area contributed by atoms with Gasteiger partial charge in [-0.15, -0.1) is 0 Å². The van der Waals surface area contributed by atoms with Crippen LogP contribution in [-0.4, -0.2) is 20.0 Å². The summed E-state index contributed by atoms with van der Waals surface area (Å²) in [5.41, 5.74) is 6.77. The Balaban J connectivity index is 2.99. The van der Waals surface area contributed by atoms with Crippen LogP contribution in [0.25, 0.3) is 10.9 Å². The number of hydrogen-bond acceptors (Lipinski definition) is 4. The summed E-state index contributed by atoms with van der Waals surface area (Å²) in [5.74, 6) is 0.529. The van der Waals surface area contributed by atoms with E-state index in [-0.39, 0.29) is 11.5 Å². The van der Waals surface area contributed by atoms with Crippen LogP contribution in [0.4, 0.5) is 5.82 Å². The number of nitrogen functional groups attached to an aromatic ring is 1. The topological polar surface area (TPSA) is 89.6 Å². The summed E-state index contributed by atoms with van der Waals surface area (Å²) in [6.45, 7) is 4.00. The molecule has 2 rings (SSSR count). The number of nitrogens with zero attached hydrogens (tertiary/aromatic N) is 3. The minimum atomic E-state index is -0.263. The van der Waals surface area contributed by atoms with Crippen LogP contribution >= 0.6 is 0 Å². The minimum Gasteiger partial charge on any atom is -0.382 e. The highest BCUT2D eigenvalue weighted by Crippen LogP contribution is 2.24. The molecule has 6 nitrogen and oxygen atoms in total. The zero-order valence-corrected chi connectivity index (χ0v) is 8.90. The molecule has 6 heteroatoms. The highest BCUT2D eigenvalue weighted by Gasteiger charge is 2.17. The maximum atomic E-state index is 11.6. The Bertz CT molecular complexity index is 566. The van der Waals surface area contributed by atoms with Gasteiger partial charge in [0, 0.05) is 7.05 Å². The molecule has 0 aliphatic carbocycles. The Morgan fingerprint density at radius 3 is 2.73 bits per heavy atom. The van der Waals surface area contributed by atoms with Gasteiger partial charge in [0.25, 0.3) is 5.56 Å². The number of aromatic nitrogens is 4. The number of aromatic amines is 1. The molecule has 0 amide bonds. The van der Waals surface area contributed by atoms with Crippen LogP contribution < -0.4 is 11.3 Å². The summed E-state index contributed by atoms with van der Waals surface area (Å²) in [5, 5.41) is 11.0. The van der Waals surface area contributed by atoms with Gasteiger partial charge in [0.05, 0.1) is 11.1 Å². The molecule has 0 unspecified atom stereocenters. The van der Waals surface area contributed by atoms with E-state index in [0.29, 0.717) is 16.7 Å². The molecule has 0 spiro atoms. The Kier molecular flexibility index (Phi) is 1.99. The van der Waals surface area contributed by atoms with Crippen LogP contribution in [0.1, 0.15) is 25.5 Å². The Labute approximate surface area is 86.1 Å². The number of rotatable bonds is 1. The van der Waals surface area contributed by atoms with E-state index in [0.717, 1.165) is 5.69 Å². The first kappa shape index (κ1) is 9.70. The van der Waals surface area contributed by atoms with Gasteiger partial charge in [0.15, 0.2) is 5.82 Å². The molecule has 0 aliphatic heterocycles. The lowest BCUT2D eigenvalue weighted by Gasteiger charge is -2.00. The first-order valence-corrected chi connectivity index (χ1v) is 4.73. The lowest BCUT2D eigenvalue weighted by Crippen LogP contribution is -2.13. The van der Waals surface area contributed by atoms with Crippen molar-refractivity contribution in [2.45, 2.75) is 19.8 Å². The predicted molar refractivity (Wildman–Crippen MR) is 57.6 cm³/mol. The fourth-order valence-electron chi connectivity index (χ4n) is 1.68. The van der Waals surface area contributed by atoms with E-state index in [4.69, 9.17) is 5.73 Å². The van der Waals surface area contributed by atoms with Crippen molar-refractivity contribution in [2.75, 3.05) is 5.73 Å². The van der Waals surface area contributed by atoms with Gasteiger partial charge in [-0.05, 0) is 5.92 Å². The van der Waals surface area contributed by atoms with Crippen LogP contribution in [0.5, 0.6) is 0 Å². The molecule has 0 radical (unpaired) electrons. The van der Waals surface area contributed by atoms with Gasteiger partial charge in [-0.3, -0.25) is 9.48 Å². The molecule has 0 saturated carbocycles. The second kappa shape index (κ2) is 3.08. The number of H-pyrrole nitrogens is 1. The molecule has 3 N–H and O–H groups in total. The van der Waals surface area contributed by atoms with E-state index in [2.05, 4.69) is 15.3 Å². The molecule has 0 fully saturated rings. The van der Waals surface area contributed by atoms with Crippen molar-refractivity contribution in [1.82, 2.24) is 20.0 Å². The summed E-state index contributed by atoms with van der Waals surface area (Å²) in [4.78, 5) is 11.6. The minimum absolute atomic E-state index is 0.208. The molecule has 15 heavy (non-hydrogen) atoms. The molecule has 80 valence electrons. The summed E-state index contributed by atoms with van der Waals surface area (Å²) in [6.07, 6.45) is 0. The quantitative estimate of drug-likeness (QED) is 0.706. The normalized spacial score (nSPS) is 11.5. The number of hydrogen-bond donors (Lipinski definition) is 2. The van der Waals surface area contributed by atoms with E-state index in [1.165, 1.54) is 0 Å². The lowest BCUT2D eigenvalue weighted by molar-refractivity contribution is 0.727. The predicted octanol–water partition coefficient (Wildman–Crippen LogP) is 0.362. The fraction of sp³-hybridized carbons (Fsp3) is 0.444. The van der Waals surface area contributed by atoms with Crippen LogP contribution in [0.3, 0.4) is 0 Å². The molecular weight excluding hydrogens is 194 g/mol. The highest BCUT2D eigenvalue weighted by atomic mass is 16.1. The number of nitrogens with two attached hydrogens (primary N) is 1. The highest BCUT2D eigenvalue weighted by molar-refractivity contribution is 5.90. The van der Waals surface area contributed by atoms with Crippen molar-refractivity contribution in [3.8, 4) is 0 Å². The summed E-state index contributed by atoms with van der Waals surface area (Å²) >= 11 is 0. The van der Waals surface area contributed by atoms with E-state index >= 15 is 0 Å². The molecule has 0 atom stereocenters. The zero-order chi connectivity index (χ0) is 11.2. The first-order chi connectivity index (χ1) is 7.02. The number of anilines is 1. The molecular formula is C9H13N5O. The van der Waals surface area contributed by atoms with Crippen LogP contribution in [0.15, 0.2) is 4.79 Å². The molecule has 0 aliphatic rings. The van der Waals surface area contributed by atoms with Crippen LogP contribution in [0.2, 0.25) is 0 Å². The Morgan fingerprint density at radius 2 is 2.13 bits per heavy atom. The molecule has 2 aromatic heterocycles. The number of nitrogens with one attached hydrogen (secondary N) is 1. The fourth-order valence-corrected chi connectivity index (χ4v) is 1.68. The standard InChI is InChI=1S/C9H13N5O/c1-4(2)6-5-7(14(3)13-6)9(15)12-11-8(5)10/h4H,1-3H3,(H2,10,11)(H,12,15). The number of fused-ring (bicyclic) bond motifs is 1. The van der Waals surface area contributed by atoms with Crippen molar-refractivity contribution >= 4 is 16.7 Å². The van der Waals surface area contributed by atoms with E-state index < -0.39 is 0 Å². The summed E-state index contributed by atoms with van der Waals surface area (Å²) in [7, 11) is 1.73. The van der Waals surface area contributed by atoms with Gasteiger partial charge in [-0.2, -0.15) is 10.2 Å². The van der Waals surface area contributed by atoms with Gasteiger partial charge in [0.1, 0.15) is 5.52 Å². The van der Waals surface area contributed by atoms with Crippen molar-refractivity contribution < 1.29 is 0 Å². The molecule has 2 aromatic rings. The maximum Gasteiger partial charge on any atom is 0.290 e. The van der Waals surface area contributed by atoms with Gasteiger partial charge in [-0.25, -0.2) is 5.10 Å². The van der Waals surface area contributed by atoms with Crippen LogP contribution in [-0.2, 0) is 7.05 Å². The first-order valence-electron chi connectivity index (χ1n) is 4.73. The third-order valence-corrected chi connectivity index (χ3v) is 2.37. The van der Waals surface area contributed by atoms with Crippen LogP contribution in [0, 0.1) is 0 Å². The average molecular weight is 207 g/mol. The van der Waals surface area contributed by atoms with Crippen molar-refractivity contribution in [3.05, 3.63) is 16.0 Å². The van der Waals surface area contributed by atoms with Gasteiger partial charge >= 0.3 is 0 Å². The van der Waals surface area contributed by atoms with E-state index in [1.807, 2.05) is 13.8 Å². The van der Waals surface area contributed by atoms with Gasteiger partial charge < -0.3 is 5.73 Å². The lowest BCUT2D eigenvalue weighted by atomic mass is 10.1. The van der Waals surface area contributed by atoms with Gasteiger partial charge in [-0.1, -0.05) is 13.8 Å². The van der Waals surface area contributed by atoms with Crippen molar-refractivity contribution in [1.29, 1.82) is 0 Å². The Hall–Kier alpha value is -1.85. The third-order valence-electron chi connectivity index (χ3n) is 2.37. The second-order valence-electron chi connectivity index (χ2n) is 3.83. The van der Waals surface area contributed by atoms with Crippen molar-refractivity contribution in [3.63, 3.8) is 0 Å². The molecule has 0 bridgehead atoms. The zero-order valence-electron chi connectivity index (χ0n) is 8.90. The monoisotopic (exact) mass is 207 g/mol.